The second-order valence-corrected chi connectivity index (χ2v) is 7.69. The van der Waals surface area contributed by atoms with E-state index in [0.717, 1.165) is 25.7 Å². The predicted octanol–water partition coefficient (Wildman–Crippen LogP) is 2.05. The number of amides is 1. The van der Waals surface area contributed by atoms with Crippen molar-refractivity contribution in [2.75, 3.05) is 38.4 Å². The van der Waals surface area contributed by atoms with E-state index in [1.807, 2.05) is 0 Å². The molecule has 0 unspecified atom stereocenters. The molecule has 3 N–H and O–H groups in total. The number of benzene rings is 1. The normalized spacial score (nSPS) is 19.1. The summed E-state index contributed by atoms with van der Waals surface area (Å²) in [5.41, 5.74) is -0.566. The lowest BCUT2D eigenvalue weighted by molar-refractivity contribution is 0.0824. The summed E-state index contributed by atoms with van der Waals surface area (Å²) in [6.07, 6.45) is 4.05. The Hall–Kier alpha value is -2.87. The summed E-state index contributed by atoms with van der Waals surface area (Å²) in [5, 5.41) is 16.6. The number of phenols is 1. The number of para-hydroxylation sites is 1. The fourth-order valence-electron chi connectivity index (χ4n) is 3.84. The van der Waals surface area contributed by atoms with Crippen LogP contribution in [-0.2, 0) is 4.74 Å². The number of nitrogens with one attached hydrogen (secondary N) is 2. The Morgan fingerprint density at radius 2 is 1.86 bits per heavy atom. The second kappa shape index (κ2) is 8.65. The molecule has 0 aromatic heterocycles. The van der Waals surface area contributed by atoms with Gasteiger partial charge >= 0.3 is 0 Å². The Kier molecular flexibility index (Phi) is 6.22. The Balaban J connectivity index is 1.85. The van der Waals surface area contributed by atoms with Crippen LogP contribution in [0.1, 0.15) is 36.0 Å². The molecule has 8 heteroatoms. The standard InChI is InChI=1S/C21H27N3O5/c1-24(2)21(28)13-8-6-10-15(18(13)25)23-17-16(19(26)20(17)27)22-14-9-5-4-7-12(14)11-29-3/h6,8,10,12,14,22-23,25H,4-5,7,9,11H2,1-3H3/t12-,14+/m1/s1. The van der Waals surface area contributed by atoms with Crippen LogP contribution in [0.4, 0.5) is 17.1 Å². The minimum atomic E-state index is -0.643. The van der Waals surface area contributed by atoms with Crippen LogP contribution in [0.2, 0.25) is 0 Å². The molecule has 8 nitrogen and oxygen atoms in total. The summed E-state index contributed by atoms with van der Waals surface area (Å²) >= 11 is 0. The van der Waals surface area contributed by atoms with Crippen LogP contribution in [0.5, 0.6) is 5.75 Å². The van der Waals surface area contributed by atoms with E-state index >= 15 is 0 Å². The molecular weight excluding hydrogens is 374 g/mol. The number of rotatable bonds is 7. The predicted molar refractivity (Wildman–Crippen MR) is 112 cm³/mol. The zero-order chi connectivity index (χ0) is 21.1. The molecular formula is C21H27N3O5. The molecule has 1 fully saturated rings. The molecule has 3 rings (SSSR count). The van der Waals surface area contributed by atoms with Crippen molar-refractivity contribution in [1.29, 1.82) is 0 Å². The highest BCUT2D eigenvalue weighted by Gasteiger charge is 2.30. The number of nitrogens with zero attached hydrogens (tertiary/aromatic N) is 1. The first-order valence-corrected chi connectivity index (χ1v) is 9.74. The molecule has 0 bridgehead atoms. The molecule has 29 heavy (non-hydrogen) atoms. The van der Waals surface area contributed by atoms with Crippen molar-refractivity contribution >= 4 is 23.0 Å². The van der Waals surface area contributed by atoms with Gasteiger partial charge < -0.3 is 25.4 Å². The third-order valence-corrected chi connectivity index (χ3v) is 5.46. The van der Waals surface area contributed by atoms with Crippen molar-refractivity contribution in [3.63, 3.8) is 0 Å². The van der Waals surface area contributed by atoms with Gasteiger partial charge in [0.25, 0.3) is 16.8 Å². The largest absolute Gasteiger partial charge is 0.505 e. The SMILES string of the molecule is COC[C@H]1CCCC[C@@H]1Nc1c(Nc2cccc(C(=O)N(C)C)c2O)c(=O)c1=O. The molecule has 1 aliphatic rings. The molecule has 0 aliphatic heterocycles. The summed E-state index contributed by atoms with van der Waals surface area (Å²) in [6, 6.07) is 4.70. The van der Waals surface area contributed by atoms with Crippen LogP contribution < -0.4 is 21.5 Å². The van der Waals surface area contributed by atoms with Crippen molar-refractivity contribution < 1.29 is 14.6 Å². The van der Waals surface area contributed by atoms with E-state index in [-0.39, 0.29) is 46.2 Å². The van der Waals surface area contributed by atoms with E-state index in [1.54, 1.807) is 33.3 Å². The molecule has 2 atom stereocenters. The molecule has 0 heterocycles. The van der Waals surface area contributed by atoms with Gasteiger partial charge in [0.2, 0.25) is 0 Å². The zero-order valence-electron chi connectivity index (χ0n) is 16.9. The number of methoxy groups -OCH3 is 1. The fourth-order valence-corrected chi connectivity index (χ4v) is 3.84. The van der Waals surface area contributed by atoms with Crippen LogP contribution >= 0.6 is 0 Å². The Morgan fingerprint density at radius 3 is 2.55 bits per heavy atom. The van der Waals surface area contributed by atoms with Gasteiger partial charge in [-0.05, 0) is 25.0 Å². The first-order valence-electron chi connectivity index (χ1n) is 9.74. The molecule has 0 saturated heterocycles. The highest BCUT2D eigenvalue weighted by molar-refractivity contribution is 5.99. The van der Waals surface area contributed by atoms with Crippen molar-refractivity contribution in [3.8, 4) is 5.75 Å². The number of hydrogen-bond acceptors (Lipinski definition) is 7. The number of phenolic OH excluding ortho intramolecular Hbond substituents is 1. The quantitative estimate of drug-likeness (QED) is 0.481. The smallest absolute Gasteiger partial charge is 0.257 e. The van der Waals surface area contributed by atoms with Crippen molar-refractivity contribution in [1.82, 2.24) is 4.90 Å². The maximum atomic E-state index is 12.2. The van der Waals surface area contributed by atoms with Crippen molar-refractivity contribution in [2.24, 2.45) is 5.92 Å². The van der Waals surface area contributed by atoms with Gasteiger partial charge in [-0.1, -0.05) is 18.9 Å². The third-order valence-electron chi connectivity index (χ3n) is 5.46. The summed E-state index contributed by atoms with van der Waals surface area (Å²) < 4.78 is 5.29. The average Bonchev–Trinajstić information content (AvgIpc) is 2.72. The van der Waals surface area contributed by atoms with Crippen LogP contribution in [0, 0.1) is 5.92 Å². The molecule has 0 spiro atoms. The number of aromatic hydroxyl groups is 1. The summed E-state index contributed by atoms with van der Waals surface area (Å²) in [5.74, 6) is -0.361. The second-order valence-electron chi connectivity index (χ2n) is 7.69. The number of carbonyl (C=O) groups excluding carboxylic acids is 1. The Bertz CT molecular complexity index is 960. The van der Waals surface area contributed by atoms with E-state index in [0.29, 0.717) is 6.61 Å². The molecule has 1 aliphatic carbocycles. The van der Waals surface area contributed by atoms with E-state index < -0.39 is 10.9 Å². The zero-order valence-corrected chi connectivity index (χ0v) is 16.9. The van der Waals surface area contributed by atoms with E-state index in [2.05, 4.69) is 10.6 Å². The molecule has 2 aromatic carbocycles. The van der Waals surface area contributed by atoms with Crippen LogP contribution in [0.3, 0.4) is 0 Å². The van der Waals surface area contributed by atoms with Gasteiger partial charge in [0, 0.05) is 33.2 Å². The first-order chi connectivity index (χ1) is 13.8. The van der Waals surface area contributed by atoms with Crippen LogP contribution in [0.15, 0.2) is 27.8 Å². The highest BCUT2D eigenvalue weighted by atomic mass is 16.5. The van der Waals surface area contributed by atoms with Gasteiger partial charge in [-0.3, -0.25) is 14.4 Å². The summed E-state index contributed by atoms with van der Waals surface area (Å²) in [4.78, 5) is 37.9. The van der Waals surface area contributed by atoms with E-state index in [9.17, 15) is 19.5 Å². The lowest BCUT2D eigenvalue weighted by atomic mass is 9.84. The van der Waals surface area contributed by atoms with Crippen molar-refractivity contribution in [2.45, 2.75) is 31.7 Å². The maximum Gasteiger partial charge on any atom is 0.257 e. The first kappa shape index (κ1) is 20.9. The topological polar surface area (TPSA) is 108 Å². The average molecular weight is 401 g/mol. The van der Waals surface area contributed by atoms with E-state index in [4.69, 9.17) is 4.74 Å². The number of hydrogen-bond donors (Lipinski definition) is 3. The van der Waals surface area contributed by atoms with Gasteiger partial charge in [0.1, 0.15) is 11.4 Å². The Labute approximate surface area is 169 Å². The van der Waals surface area contributed by atoms with Gasteiger partial charge in [0.15, 0.2) is 5.75 Å². The highest BCUT2D eigenvalue weighted by Crippen LogP contribution is 2.33. The molecule has 2 aromatic rings. The van der Waals surface area contributed by atoms with Crippen LogP contribution in [0.25, 0.3) is 0 Å². The lowest BCUT2D eigenvalue weighted by Crippen LogP contribution is -2.42. The number of ether oxygens (including phenoxy) is 1. The van der Waals surface area contributed by atoms with Crippen LogP contribution in [-0.4, -0.2) is 49.8 Å². The summed E-state index contributed by atoms with van der Waals surface area (Å²) in [7, 11) is 4.82. The molecule has 1 saturated carbocycles. The van der Waals surface area contributed by atoms with Crippen molar-refractivity contribution in [3.05, 3.63) is 44.2 Å². The van der Waals surface area contributed by atoms with Gasteiger partial charge in [-0.15, -0.1) is 0 Å². The molecule has 156 valence electrons. The van der Waals surface area contributed by atoms with E-state index in [1.165, 1.54) is 11.0 Å². The molecule has 1 amide bonds. The van der Waals surface area contributed by atoms with Gasteiger partial charge in [0.05, 0.1) is 17.9 Å². The summed E-state index contributed by atoms with van der Waals surface area (Å²) in [6.45, 7) is 0.589. The van der Waals surface area contributed by atoms with Gasteiger partial charge in [-0.25, -0.2) is 0 Å². The maximum absolute atomic E-state index is 12.2. The minimum absolute atomic E-state index is 0.0443. The minimum Gasteiger partial charge on any atom is -0.505 e. The number of anilines is 3. The third kappa shape index (κ3) is 4.12. The number of carbonyl (C=O) groups is 1. The Morgan fingerprint density at radius 1 is 1.17 bits per heavy atom. The molecule has 0 radical (unpaired) electrons. The fraction of sp³-hybridized carbons (Fsp3) is 0.476. The monoisotopic (exact) mass is 401 g/mol. The van der Waals surface area contributed by atoms with Gasteiger partial charge in [-0.2, -0.15) is 0 Å². The lowest BCUT2D eigenvalue weighted by Gasteiger charge is -2.33.